The van der Waals surface area contributed by atoms with Crippen LogP contribution in [0.5, 0.6) is 5.75 Å². The predicted octanol–water partition coefficient (Wildman–Crippen LogP) is 4.17. The van der Waals surface area contributed by atoms with Crippen molar-refractivity contribution in [1.82, 2.24) is 15.0 Å². The van der Waals surface area contributed by atoms with Gasteiger partial charge in [-0.25, -0.2) is 4.39 Å². The molecule has 0 saturated carbocycles. The van der Waals surface area contributed by atoms with Crippen molar-refractivity contribution in [2.24, 2.45) is 0 Å². The maximum Gasteiger partial charge on any atom is 0.226 e. The van der Waals surface area contributed by atoms with Gasteiger partial charge in [0.05, 0.1) is 12.1 Å². The summed E-state index contributed by atoms with van der Waals surface area (Å²) in [7, 11) is 1.64. The second-order valence-electron chi connectivity index (χ2n) is 7.32. The van der Waals surface area contributed by atoms with Crippen LogP contribution in [0.4, 0.5) is 4.39 Å². The van der Waals surface area contributed by atoms with E-state index in [4.69, 9.17) is 20.9 Å². The summed E-state index contributed by atoms with van der Waals surface area (Å²) >= 11 is 5.83. The highest BCUT2D eigenvalue weighted by Crippen LogP contribution is 2.28. The zero-order valence-electron chi connectivity index (χ0n) is 16.5. The molecule has 1 aromatic heterocycles. The molecule has 0 aliphatic carbocycles. The van der Waals surface area contributed by atoms with Gasteiger partial charge in [-0.1, -0.05) is 35.0 Å². The number of hydrogen-bond donors (Lipinski definition) is 0. The average Bonchev–Trinajstić information content (AvgIpc) is 3.36. The van der Waals surface area contributed by atoms with Gasteiger partial charge < -0.3 is 14.2 Å². The van der Waals surface area contributed by atoms with Crippen LogP contribution in [-0.4, -0.2) is 34.6 Å². The fourth-order valence-corrected chi connectivity index (χ4v) is 3.74. The largest absolute Gasteiger partial charge is 0.497 e. The fraction of sp³-hybridized carbons (Fsp3) is 0.318. The van der Waals surface area contributed by atoms with Crippen LogP contribution >= 0.6 is 11.6 Å². The monoisotopic (exact) mass is 429 g/mol. The van der Waals surface area contributed by atoms with Gasteiger partial charge in [-0.05, 0) is 41.8 Å². The normalized spacial score (nSPS) is 16.3. The molecule has 30 heavy (non-hydrogen) atoms. The number of likely N-dealkylation sites (tertiary alicyclic amines) is 1. The maximum atomic E-state index is 13.3. The van der Waals surface area contributed by atoms with Crippen molar-refractivity contribution in [2.75, 3.05) is 13.7 Å². The Labute approximate surface area is 178 Å². The Morgan fingerprint density at radius 3 is 2.70 bits per heavy atom. The van der Waals surface area contributed by atoms with E-state index in [-0.39, 0.29) is 16.8 Å². The Bertz CT molecular complexity index is 1040. The van der Waals surface area contributed by atoms with Crippen molar-refractivity contribution in [3.8, 4) is 5.75 Å². The number of hydrogen-bond acceptors (Lipinski definition) is 5. The quantitative estimate of drug-likeness (QED) is 0.563. The minimum atomic E-state index is -0.472. The van der Waals surface area contributed by atoms with Gasteiger partial charge in [-0.15, -0.1) is 0 Å². The lowest BCUT2D eigenvalue weighted by molar-refractivity contribution is -0.128. The molecule has 6 nitrogen and oxygen atoms in total. The lowest BCUT2D eigenvalue weighted by Gasteiger charge is -2.16. The number of aryl methyl sites for hydroxylation is 2. The second kappa shape index (κ2) is 8.83. The van der Waals surface area contributed by atoms with Crippen LogP contribution in [-0.2, 0) is 24.2 Å². The first-order valence-corrected chi connectivity index (χ1v) is 10.1. The molecule has 156 valence electrons. The van der Waals surface area contributed by atoms with E-state index in [0.29, 0.717) is 37.6 Å². The Balaban J connectivity index is 1.35. The first-order valence-electron chi connectivity index (χ1n) is 9.69. The van der Waals surface area contributed by atoms with E-state index in [1.165, 1.54) is 6.07 Å². The van der Waals surface area contributed by atoms with Gasteiger partial charge in [0.25, 0.3) is 0 Å². The highest BCUT2D eigenvalue weighted by Gasteiger charge is 2.33. The fourth-order valence-electron chi connectivity index (χ4n) is 3.54. The average molecular weight is 430 g/mol. The SMILES string of the molecule is COc1ccc(CCc2nc(C3CC(=O)N(Cc4ccc(F)c(Cl)c4)C3)no2)cc1. The van der Waals surface area contributed by atoms with Crippen LogP contribution < -0.4 is 4.74 Å². The third kappa shape index (κ3) is 4.62. The van der Waals surface area contributed by atoms with Gasteiger partial charge >= 0.3 is 0 Å². The topological polar surface area (TPSA) is 68.5 Å². The van der Waals surface area contributed by atoms with E-state index >= 15 is 0 Å². The van der Waals surface area contributed by atoms with Crippen LogP contribution in [0, 0.1) is 5.82 Å². The Hall–Kier alpha value is -2.93. The van der Waals surface area contributed by atoms with Gasteiger partial charge in [0, 0.05) is 31.8 Å². The van der Waals surface area contributed by atoms with E-state index in [1.807, 2.05) is 24.3 Å². The van der Waals surface area contributed by atoms with Crippen molar-refractivity contribution in [3.05, 3.63) is 76.1 Å². The minimum absolute atomic E-state index is 0.00466. The van der Waals surface area contributed by atoms with Crippen LogP contribution in [0.15, 0.2) is 47.0 Å². The highest BCUT2D eigenvalue weighted by molar-refractivity contribution is 6.30. The molecule has 0 bridgehead atoms. The first kappa shape index (κ1) is 20.3. The zero-order chi connectivity index (χ0) is 21.1. The summed E-state index contributed by atoms with van der Waals surface area (Å²) in [6.45, 7) is 0.864. The number of amides is 1. The molecular formula is C22H21ClFN3O3. The number of carbonyl (C=O) groups excluding carboxylic acids is 1. The molecule has 2 aromatic carbocycles. The maximum absolute atomic E-state index is 13.3. The molecule has 1 aliphatic rings. The van der Waals surface area contributed by atoms with Crippen LogP contribution in [0.3, 0.4) is 0 Å². The molecular weight excluding hydrogens is 409 g/mol. The third-order valence-electron chi connectivity index (χ3n) is 5.21. The molecule has 1 saturated heterocycles. The lowest BCUT2D eigenvalue weighted by atomic mass is 10.1. The number of aromatic nitrogens is 2. The Kier molecular flexibility index (Phi) is 5.99. The predicted molar refractivity (Wildman–Crippen MR) is 109 cm³/mol. The standard InChI is InChI=1S/C22H21ClFN3O3/c1-29-17-6-2-14(3-7-17)5-9-20-25-22(26-30-20)16-11-21(28)27(13-16)12-15-4-8-19(24)18(23)10-15/h2-4,6-8,10,16H,5,9,11-13H2,1H3. The van der Waals surface area contributed by atoms with Crippen molar-refractivity contribution in [1.29, 1.82) is 0 Å². The summed E-state index contributed by atoms with van der Waals surface area (Å²) < 4.78 is 23.9. The van der Waals surface area contributed by atoms with Gasteiger partial charge in [0.15, 0.2) is 5.82 Å². The molecule has 4 rings (SSSR count). The molecule has 1 unspecified atom stereocenters. The number of methoxy groups -OCH3 is 1. The van der Waals surface area contributed by atoms with Gasteiger partial charge in [0.2, 0.25) is 11.8 Å². The molecule has 1 atom stereocenters. The van der Waals surface area contributed by atoms with Gasteiger partial charge in [-0.2, -0.15) is 4.98 Å². The lowest BCUT2D eigenvalue weighted by Crippen LogP contribution is -2.24. The van der Waals surface area contributed by atoms with Crippen LogP contribution in [0.25, 0.3) is 0 Å². The third-order valence-corrected chi connectivity index (χ3v) is 5.50. The summed E-state index contributed by atoms with van der Waals surface area (Å²) in [5, 5.41) is 4.14. The molecule has 1 fully saturated rings. The summed E-state index contributed by atoms with van der Waals surface area (Å²) in [6, 6.07) is 12.3. The summed E-state index contributed by atoms with van der Waals surface area (Å²) in [4.78, 5) is 18.6. The number of ether oxygens (including phenoxy) is 1. The van der Waals surface area contributed by atoms with Crippen LogP contribution in [0.2, 0.25) is 5.02 Å². The number of carbonyl (C=O) groups is 1. The molecule has 2 heterocycles. The molecule has 0 N–H and O–H groups in total. The van der Waals surface area contributed by atoms with E-state index in [0.717, 1.165) is 23.3 Å². The molecule has 3 aromatic rings. The number of rotatable bonds is 7. The summed E-state index contributed by atoms with van der Waals surface area (Å²) in [5.41, 5.74) is 1.93. The van der Waals surface area contributed by atoms with Crippen molar-refractivity contribution in [2.45, 2.75) is 31.7 Å². The molecule has 0 spiro atoms. The van der Waals surface area contributed by atoms with Crippen molar-refractivity contribution >= 4 is 17.5 Å². The van der Waals surface area contributed by atoms with Gasteiger partial charge in [-0.3, -0.25) is 4.79 Å². The van der Waals surface area contributed by atoms with Crippen LogP contribution in [0.1, 0.15) is 35.2 Å². The van der Waals surface area contributed by atoms with E-state index < -0.39 is 5.82 Å². The number of nitrogens with zero attached hydrogens (tertiary/aromatic N) is 3. The smallest absolute Gasteiger partial charge is 0.226 e. The van der Waals surface area contributed by atoms with Gasteiger partial charge in [0.1, 0.15) is 11.6 Å². The number of halogens is 2. The molecule has 0 radical (unpaired) electrons. The zero-order valence-corrected chi connectivity index (χ0v) is 17.2. The Morgan fingerprint density at radius 1 is 1.20 bits per heavy atom. The first-order chi connectivity index (χ1) is 14.5. The summed E-state index contributed by atoms with van der Waals surface area (Å²) in [5.74, 6) is 1.33. The molecule has 8 heteroatoms. The minimum Gasteiger partial charge on any atom is -0.497 e. The highest BCUT2D eigenvalue weighted by atomic mass is 35.5. The molecule has 1 amide bonds. The van der Waals surface area contributed by atoms with Crippen molar-refractivity contribution < 1.29 is 18.4 Å². The van der Waals surface area contributed by atoms with Crippen molar-refractivity contribution in [3.63, 3.8) is 0 Å². The van der Waals surface area contributed by atoms with E-state index in [9.17, 15) is 9.18 Å². The summed E-state index contributed by atoms with van der Waals surface area (Å²) in [6.07, 6.45) is 1.72. The molecule has 1 aliphatic heterocycles. The van der Waals surface area contributed by atoms with E-state index in [2.05, 4.69) is 10.1 Å². The number of benzene rings is 2. The van der Waals surface area contributed by atoms with E-state index in [1.54, 1.807) is 24.1 Å². The second-order valence-corrected chi connectivity index (χ2v) is 7.73. The Morgan fingerprint density at radius 2 is 1.97 bits per heavy atom.